The van der Waals surface area contributed by atoms with Gasteiger partial charge >= 0.3 is 0 Å². The van der Waals surface area contributed by atoms with Crippen LogP contribution in [0.4, 0.5) is 5.69 Å². The van der Waals surface area contributed by atoms with Gasteiger partial charge in [-0.3, -0.25) is 4.79 Å². The van der Waals surface area contributed by atoms with Crippen LogP contribution in [0.5, 0.6) is 0 Å². The summed E-state index contributed by atoms with van der Waals surface area (Å²) in [6.45, 7) is 8.30. The summed E-state index contributed by atoms with van der Waals surface area (Å²) in [5.74, 6) is 0.724. The highest BCUT2D eigenvalue weighted by Crippen LogP contribution is 2.25. The second-order valence-corrected chi connectivity index (χ2v) is 5.74. The van der Waals surface area contributed by atoms with Crippen molar-refractivity contribution in [3.05, 3.63) is 28.8 Å². The topological polar surface area (TPSA) is 32.3 Å². The van der Waals surface area contributed by atoms with Crippen molar-refractivity contribution >= 4 is 11.6 Å². The van der Waals surface area contributed by atoms with Gasteiger partial charge in [0, 0.05) is 19.2 Å². The Morgan fingerprint density at radius 1 is 1.26 bits per heavy atom. The SMILES string of the molecule is Cc1cc(C)c(N(C)C(=O)CC2CCNC2)cc1C. The summed E-state index contributed by atoms with van der Waals surface area (Å²) >= 11 is 0. The van der Waals surface area contributed by atoms with Gasteiger partial charge in [0.15, 0.2) is 0 Å². The predicted octanol–water partition coefficient (Wildman–Crippen LogP) is 2.57. The molecule has 1 aromatic carbocycles. The summed E-state index contributed by atoms with van der Waals surface area (Å²) in [5, 5.41) is 3.31. The molecule has 0 spiro atoms. The number of carbonyl (C=O) groups is 1. The smallest absolute Gasteiger partial charge is 0.227 e. The quantitative estimate of drug-likeness (QED) is 0.906. The molecule has 3 heteroatoms. The zero-order valence-corrected chi connectivity index (χ0v) is 12.4. The van der Waals surface area contributed by atoms with Crippen molar-refractivity contribution < 1.29 is 4.79 Å². The Hall–Kier alpha value is -1.35. The third-order valence-corrected chi connectivity index (χ3v) is 4.17. The van der Waals surface area contributed by atoms with E-state index in [-0.39, 0.29) is 5.91 Å². The summed E-state index contributed by atoms with van der Waals surface area (Å²) in [4.78, 5) is 14.2. The van der Waals surface area contributed by atoms with Gasteiger partial charge in [-0.05, 0) is 69.0 Å². The molecule has 19 heavy (non-hydrogen) atoms. The minimum atomic E-state index is 0.222. The Morgan fingerprint density at radius 3 is 2.58 bits per heavy atom. The van der Waals surface area contributed by atoms with Gasteiger partial charge in [-0.2, -0.15) is 0 Å². The highest BCUT2D eigenvalue weighted by Gasteiger charge is 2.21. The van der Waals surface area contributed by atoms with Crippen LogP contribution in [0.15, 0.2) is 12.1 Å². The van der Waals surface area contributed by atoms with Crippen LogP contribution in [0.2, 0.25) is 0 Å². The Morgan fingerprint density at radius 2 is 1.95 bits per heavy atom. The third kappa shape index (κ3) is 3.16. The molecule has 0 aromatic heterocycles. The summed E-state index contributed by atoms with van der Waals surface area (Å²) in [6, 6.07) is 4.28. The van der Waals surface area contributed by atoms with E-state index in [9.17, 15) is 4.79 Å². The van der Waals surface area contributed by atoms with Crippen LogP contribution in [-0.2, 0) is 4.79 Å². The fourth-order valence-electron chi connectivity index (χ4n) is 2.71. The molecule has 1 aliphatic rings. The van der Waals surface area contributed by atoms with Gasteiger partial charge in [0.2, 0.25) is 5.91 Å². The number of anilines is 1. The van der Waals surface area contributed by atoms with Gasteiger partial charge in [0.05, 0.1) is 0 Å². The Kier molecular flexibility index (Phi) is 4.25. The van der Waals surface area contributed by atoms with E-state index in [0.717, 1.165) is 25.2 Å². The number of amides is 1. The van der Waals surface area contributed by atoms with Crippen LogP contribution in [0.3, 0.4) is 0 Å². The molecular formula is C16H24N2O. The Balaban J connectivity index is 2.11. The second kappa shape index (κ2) is 5.74. The number of rotatable bonds is 3. The maximum absolute atomic E-state index is 12.3. The van der Waals surface area contributed by atoms with Crippen LogP contribution in [0, 0.1) is 26.7 Å². The number of aryl methyl sites for hydroxylation is 3. The number of carbonyl (C=O) groups excluding carboxylic acids is 1. The molecule has 1 aliphatic heterocycles. The lowest BCUT2D eigenvalue weighted by Crippen LogP contribution is -2.29. The zero-order valence-electron chi connectivity index (χ0n) is 12.4. The van der Waals surface area contributed by atoms with Crippen molar-refractivity contribution in [2.45, 2.75) is 33.6 Å². The lowest BCUT2D eigenvalue weighted by atomic mass is 10.0. The first kappa shape index (κ1) is 14.1. The van der Waals surface area contributed by atoms with Gasteiger partial charge < -0.3 is 10.2 Å². The minimum absolute atomic E-state index is 0.222. The largest absolute Gasteiger partial charge is 0.316 e. The van der Waals surface area contributed by atoms with Crippen molar-refractivity contribution in [2.75, 3.05) is 25.0 Å². The standard InChI is InChI=1S/C16H24N2O/c1-11-7-13(3)15(8-12(11)2)18(4)16(19)9-14-5-6-17-10-14/h7-8,14,17H,5-6,9-10H2,1-4H3. The molecule has 0 bridgehead atoms. The molecule has 1 saturated heterocycles. The Bertz CT molecular complexity index is 476. The fourth-order valence-corrected chi connectivity index (χ4v) is 2.71. The average Bonchev–Trinajstić information content (AvgIpc) is 2.85. The van der Waals surface area contributed by atoms with Crippen molar-refractivity contribution in [3.63, 3.8) is 0 Å². The van der Waals surface area contributed by atoms with E-state index in [1.807, 2.05) is 11.9 Å². The predicted molar refractivity (Wildman–Crippen MR) is 79.7 cm³/mol. The van der Waals surface area contributed by atoms with E-state index < -0.39 is 0 Å². The van der Waals surface area contributed by atoms with Gasteiger partial charge in [-0.1, -0.05) is 6.07 Å². The van der Waals surface area contributed by atoms with Crippen molar-refractivity contribution in [1.29, 1.82) is 0 Å². The van der Waals surface area contributed by atoms with Crippen molar-refractivity contribution in [2.24, 2.45) is 5.92 Å². The lowest BCUT2D eigenvalue weighted by Gasteiger charge is -2.22. The number of nitrogens with zero attached hydrogens (tertiary/aromatic N) is 1. The maximum atomic E-state index is 12.3. The van der Waals surface area contributed by atoms with Crippen molar-refractivity contribution in [1.82, 2.24) is 5.32 Å². The number of hydrogen-bond donors (Lipinski definition) is 1. The minimum Gasteiger partial charge on any atom is -0.316 e. The molecule has 1 unspecified atom stereocenters. The highest BCUT2D eigenvalue weighted by molar-refractivity contribution is 5.93. The van der Waals surface area contributed by atoms with E-state index in [1.165, 1.54) is 16.7 Å². The molecule has 1 fully saturated rings. The first-order valence-electron chi connectivity index (χ1n) is 7.04. The molecule has 104 valence electrons. The molecule has 1 heterocycles. The fraction of sp³-hybridized carbons (Fsp3) is 0.562. The van der Waals surface area contributed by atoms with E-state index in [2.05, 4.69) is 38.2 Å². The number of nitrogens with one attached hydrogen (secondary N) is 1. The van der Waals surface area contributed by atoms with Crippen LogP contribution in [0.1, 0.15) is 29.5 Å². The molecule has 2 rings (SSSR count). The van der Waals surface area contributed by atoms with E-state index in [1.54, 1.807) is 0 Å². The molecule has 1 atom stereocenters. The van der Waals surface area contributed by atoms with Crippen LogP contribution in [-0.4, -0.2) is 26.0 Å². The summed E-state index contributed by atoms with van der Waals surface area (Å²) in [6.07, 6.45) is 1.77. The van der Waals surface area contributed by atoms with E-state index in [0.29, 0.717) is 12.3 Å². The molecule has 3 nitrogen and oxygen atoms in total. The van der Waals surface area contributed by atoms with Crippen molar-refractivity contribution in [3.8, 4) is 0 Å². The number of hydrogen-bond acceptors (Lipinski definition) is 2. The molecule has 1 amide bonds. The zero-order chi connectivity index (χ0) is 14.0. The van der Waals surface area contributed by atoms with Crippen LogP contribution >= 0.6 is 0 Å². The lowest BCUT2D eigenvalue weighted by molar-refractivity contribution is -0.119. The first-order chi connectivity index (χ1) is 8.99. The van der Waals surface area contributed by atoms with Gasteiger partial charge in [-0.25, -0.2) is 0 Å². The first-order valence-corrected chi connectivity index (χ1v) is 7.04. The molecule has 1 N–H and O–H groups in total. The number of benzene rings is 1. The molecule has 0 radical (unpaired) electrons. The van der Waals surface area contributed by atoms with E-state index >= 15 is 0 Å². The molecule has 0 aliphatic carbocycles. The monoisotopic (exact) mass is 260 g/mol. The molecule has 1 aromatic rings. The summed E-state index contributed by atoms with van der Waals surface area (Å²) < 4.78 is 0. The molecular weight excluding hydrogens is 236 g/mol. The maximum Gasteiger partial charge on any atom is 0.227 e. The van der Waals surface area contributed by atoms with Gasteiger partial charge in [0.1, 0.15) is 0 Å². The average molecular weight is 260 g/mol. The van der Waals surface area contributed by atoms with Gasteiger partial charge in [-0.15, -0.1) is 0 Å². The van der Waals surface area contributed by atoms with E-state index in [4.69, 9.17) is 0 Å². The van der Waals surface area contributed by atoms with Gasteiger partial charge in [0.25, 0.3) is 0 Å². The van der Waals surface area contributed by atoms with Crippen LogP contribution in [0.25, 0.3) is 0 Å². The highest BCUT2D eigenvalue weighted by atomic mass is 16.2. The Labute approximate surface area is 116 Å². The normalized spacial score (nSPS) is 18.6. The summed E-state index contributed by atoms with van der Waals surface area (Å²) in [5.41, 5.74) is 4.73. The van der Waals surface area contributed by atoms with Crippen LogP contribution < -0.4 is 10.2 Å². The second-order valence-electron chi connectivity index (χ2n) is 5.74. The molecule has 0 saturated carbocycles. The summed E-state index contributed by atoms with van der Waals surface area (Å²) in [7, 11) is 1.89. The third-order valence-electron chi connectivity index (χ3n) is 4.17.